The van der Waals surface area contributed by atoms with Gasteiger partial charge in [0.15, 0.2) is 0 Å². The van der Waals surface area contributed by atoms with Gasteiger partial charge >= 0.3 is 5.97 Å². The van der Waals surface area contributed by atoms with E-state index in [2.05, 4.69) is 31.3 Å². The highest BCUT2D eigenvalue weighted by Gasteiger charge is 2.47. The monoisotopic (exact) mass is 725 g/mol. The molecule has 11 nitrogen and oxygen atoms in total. The summed E-state index contributed by atoms with van der Waals surface area (Å²) in [5, 5.41) is 13.0. The molecule has 0 radical (unpaired) electrons. The largest absolute Gasteiger partial charge is 0.485 e. The predicted molar refractivity (Wildman–Crippen MR) is 187 cm³/mol. The molecule has 2 aromatic carbocycles. The number of aromatic carboxylic acids is 1. The van der Waals surface area contributed by atoms with Crippen LogP contribution >= 0.6 is 0 Å². The van der Waals surface area contributed by atoms with Crippen molar-refractivity contribution in [2.45, 2.75) is 88.4 Å². The lowest BCUT2D eigenvalue weighted by Gasteiger charge is -2.33. The van der Waals surface area contributed by atoms with Gasteiger partial charge in [-0.3, -0.25) is 9.11 Å². The molecular weight excluding hydrogens is 683 g/mol. The Labute approximate surface area is 293 Å². The van der Waals surface area contributed by atoms with Crippen LogP contribution in [0.3, 0.4) is 0 Å². The number of fused-ring (bicyclic) bond motifs is 2. The van der Waals surface area contributed by atoms with Gasteiger partial charge in [0.1, 0.15) is 23.7 Å². The average molecular weight is 726 g/mol. The number of carbonyl (C=O) groups is 1. The minimum atomic E-state index is -4.38. The van der Waals surface area contributed by atoms with Crippen molar-refractivity contribution in [3.05, 3.63) is 100 Å². The maximum absolute atomic E-state index is 11.9. The van der Waals surface area contributed by atoms with Crippen molar-refractivity contribution in [3.63, 3.8) is 0 Å². The number of carboxylic acid groups (broad SMARTS) is 1. The Kier molecular flexibility index (Phi) is 9.34. The Morgan fingerprint density at radius 3 is 2.30 bits per heavy atom. The van der Waals surface area contributed by atoms with E-state index in [1.807, 2.05) is 26.0 Å². The molecule has 2 aliphatic heterocycles. The van der Waals surface area contributed by atoms with Crippen LogP contribution in [0, 0.1) is 17.3 Å². The first kappa shape index (κ1) is 35.9. The van der Waals surface area contributed by atoms with Crippen LogP contribution in [0.5, 0.6) is 11.5 Å². The maximum atomic E-state index is 11.9. The zero-order valence-electron chi connectivity index (χ0n) is 28.4. The molecule has 13 heteroatoms. The van der Waals surface area contributed by atoms with E-state index >= 15 is 0 Å². The first-order chi connectivity index (χ1) is 23.4. The number of hydrogen-bond donors (Lipinski definition) is 4. The van der Waals surface area contributed by atoms with Crippen LogP contribution in [0.15, 0.2) is 93.9 Å². The number of allylic oxidation sites excluding steroid dienone is 4. The molecule has 268 valence electrons. The molecule has 2 aliphatic carbocycles. The molecule has 0 spiro atoms. The third-order valence-electron chi connectivity index (χ3n) is 10.7. The van der Waals surface area contributed by atoms with Crippen LogP contribution < -0.4 is 14.8 Å². The van der Waals surface area contributed by atoms with E-state index in [0.717, 1.165) is 30.5 Å². The van der Waals surface area contributed by atoms with E-state index in [4.69, 9.17) is 9.47 Å². The SMILES string of the molecule is CC1(C)/C(=C\C=C2/CCCC(/C=C/C3Oc4ccc(S(=O)(=O)O)cc4C3(C)C)C2Oc2ccc(C(=O)O)cc2)NC2CCC(S(=O)(=O)O)=CC21. The van der Waals surface area contributed by atoms with E-state index in [9.17, 15) is 35.8 Å². The lowest BCUT2D eigenvalue weighted by atomic mass is 9.73. The van der Waals surface area contributed by atoms with Crippen molar-refractivity contribution in [1.82, 2.24) is 5.32 Å². The fourth-order valence-corrected chi connectivity index (χ4v) is 8.89. The van der Waals surface area contributed by atoms with Gasteiger partial charge < -0.3 is 19.9 Å². The predicted octanol–water partition coefficient (Wildman–Crippen LogP) is 6.46. The molecule has 5 atom stereocenters. The molecule has 1 saturated heterocycles. The van der Waals surface area contributed by atoms with Crippen LogP contribution in [0.25, 0.3) is 0 Å². The molecule has 2 aromatic rings. The van der Waals surface area contributed by atoms with Crippen LogP contribution in [0.4, 0.5) is 0 Å². The molecule has 2 heterocycles. The fourth-order valence-electron chi connectivity index (χ4n) is 7.69. The van der Waals surface area contributed by atoms with E-state index in [1.54, 1.807) is 24.3 Å². The second-order valence-electron chi connectivity index (χ2n) is 14.7. The molecule has 0 aromatic heterocycles. The summed E-state index contributed by atoms with van der Waals surface area (Å²) in [7, 11) is -8.63. The standard InChI is InChI=1S/C37H43NO10S2/c1-36(2)28-20-26(49(41,42)43)14-16-30(28)38-32(36)18-10-22-6-5-7-23(34(22)47-25-12-8-24(9-13-25)35(39)40)11-19-33-37(3,4)29-21-27(50(44,45)46)15-17-31(29)48-33/h8-13,15,17-21,23,28,30,33-34,38H,5-7,14,16H2,1-4H3,(H,39,40)(H,41,42,43)(H,44,45,46)/b19-11+,22-10+,32-18+. The number of benzene rings is 2. The molecule has 4 N–H and O–H groups in total. The van der Waals surface area contributed by atoms with Gasteiger partial charge in [0, 0.05) is 40.0 Å². The summed E-state index contributed by atoms with van der Waals surface area (Å²) in [6.07, 6.45) is 12.3. The molecule has 4 aliphatic rings. The highest BCUT2D eigenvalue weighted by Crippen LogP contribution is 2.48. The summed E-state index contributed by atoms with van der Waals surface area (Å²) in [4.78, 5) is 11.3. The summed E-state index contributed by atoms with van der Waals surface area (Å²) in [6, 6.07) is 10.7. The molecule has 50 heavy (non-hydrogen) atoms. The Morgan fingerprint density at radius 1 is 0.920 bits per heavy atom. The third-order valence-corrected chi connectivity index (χ3v) is 12.6. The van der Waals surface area contributed by atoms with Crippen LogP contribution in [0.1, 0.15) is 75.7 Å². The fraction of sp³-hybridized carbons (Fsp3) is 0.432. The first-order valence-corrected chi connectivity index (χ1v) is 19.6. The summed E-state index contributed by atoms with van der Waals surface area (Å²) in [6.45, 7) is 8.03. The van der Waals surface area contributed by atoms with Gasteiger partial charge in [0.05, 0.1) is 15.4 Å². The molecule has 2 fully saturated rings. The Morgan fingerprint density at radius 2 is 1.64 bits per heavy atom. The molecule has 6 rings (SSSR count). The quantitative estimate of drug-likeness (QED) is 0.173. The second kappa shape index (κ2) is 13.0. The Hall–Kier alpha value is -3.91. The van der Waals surface area contributed by atoms with Crippen molar-refractivity contribution in [3.8, 4) is 11.5 Å². The van der Waals surface area contributed by atoms with Crippen LogP contribution in [-0.4, -0.2) is 55.3 Å². The van der Waals surface area contributed by atoms with E-state index in [-0.39, 0.29) is 39.7 Å². The van der Waals surface area contributed by atoms with Gasteiger partial charge in [0.25, 0.3) is 20.2 Å². The van der Waals surface area contributed by atoms with Gasteiger partial charge in [-0.15, -0.1) is 0 Å². The Bertz CT molecular complexity index is 2030. The average Bonchev–Trinajstić information content (AvgIpc) is 3.45. The highest BCUT2D eigenvalue weighted by atomic mass is 32.2. The lowest BCUT2D eigenvalue weighted by molar-refractivity contribution is 0.0696. The summed E-state index contributed by atoms with van der Waals surface area (Å²) in [5.41, 5.74) is 1.79. The highest BCUT2D eigenvalue weighted by molar-refractivity contribution is 7.89. The number of nitrogens with one attached hydrogen (secondary N) is 1. The number of ether oxygens (including phenoxy) is 2. The zero-order valence-corrected chi connectivity index (χ0v) is 30.0. The van der Waals surface area contributed by atoms with Crippen LogP contribution in [-0.2, 0) is 25.7 Å². The summed E-state index contributed by atoms with van der Waals surface area (Å²) >= 11 is 0. The second-order valence-corrected chi connectivity index (χ2v) is 17.6. The minimum absolute atomic E-state index is 0.0365. The van der Waals surface area contributed by atoms with Gasteiger partial charge in [0.2, 0.25) is 0 Å². The molecule has 1 saturated carbocycles. The van der Waals surface area contributed by atoms with Gasteiger partial charge in [-0.2, -0.15) is 16.8 Å². The van der Waals surface area contributed by atoms with Crippen molar-refractivity contribution < 1.29 is 45.3 Å². The first-order valence-electron chi connectivity index (χ1n) is 16.7. The zero-order chi connectivity index (χ0) is 36.2. The van der Waals surface area contributed by atoms with Crippen molar-refractivity contribution in [2.75, 3.05) is 0 Å². The number of hydrogen-bond acceptors (Lipinski definition) is 8. The number of rotatable bonds is 8. The molecule has 0 bridgehead atoms. The topological polar surface area (TPSA) is 177 Å². The van der Waals surface area contributed by atoms with E-state index in [1.165, 1.54) is 24.3 Å². The molecular formula is C37H43NO10S2. The lowest BCUT2D eigenvalue weighted by Crippen LogP contribution is -2.33. The van der Waals surface area contributed by atoms with Gasteiger partial charge in [-0.05, 0) is 92.3 Å². The van der Waals surface area contributed by atoms with Gasteiger partial charge in [-0.25, -0.2) is 4.79 Å². The van der Waals surface area contributed by atoms with Crippen molar-refractivity contribution in [1.29, 1.82) is 0 Å². The smallest absolute Gasteiger partial charge is 0.335 e. The van der Waals surface area contributed by atoms with E-state index in [0.29, 0.717) is 23.5 Å². The maximum Gasteiger partial charge on any atom is 0.335 e. The minimum Gasteiger partial charge on any atom is -0.485 e. The van der Waals surface area contributed by atoms with Crippen molar-refractivity contribution >= 4 is 26.2 Å². The van der Waals surface area contributed by atoms with Crippen molar-refractivity contribution in [2.24, 2.45) is 17.3 Å². The summed E-state index contributed by atoms with van der Waals surface area (Å²) < 4.78 is 79.6. The number of carboxylic acids is 1. The molecule has 0 amide bonds. The van der Waals surface area contributed by atoms with Crippen LogP contribution in [0.2, 0.25) is 0 Å². The molecule has 5 unspecified atom stereocenters. The normalized spacial score (nSPS) is 28.8. The Balaban J connectivity index is 1.30. The third kappa shape index (κ3) is 7.01. The van der Waals surface area contributed by atoms with Gasteiger partial charge in [-0.1, -0.05) is 45.9 Å². The summed E-state index contributed by atoms with van der Waals surface area (Å²) in [5.74, 6) is -0.167. The van der Waals surface area contributed by atoms with E-state index < -0.39 is 49.2 Å².